The van der Waals surface area contributed by atoms with E-state index in [0.717, 1.165) is 51.4 Å². The van der Waals surface area contributed by atoms with Gasteiger partial charge in [-0.3, -0.25) is 33.6 Å². The molecular formula is C51H91BN6O15. The SMILES string of the molecule is [B]NC(CCCCNC(=O)COCCOCCNC(=O)COCCOCCNC(=O)CCC(NC(=O)C1CCC(CNC(=O)CCCCCCCCCCCCCCCCCCC(=O)O)CC1)C(=O)O)C(=O)O. The predicted molar refractivity (Wildman–Crippen MR) is 274 cm³/mol. The molecule has 22 heteroatoms. The number of hydrogen-bond donors (Lipinski definition) is 9. The van der Waals surface area contributed by atoms with Gasteiger partial charge in [0.15, 0.2) is 7.98 Å². The van der Waals surface area contributed by atoms with Crippen LogP contribution in [0.5, 0.6) is 0 Å². The molecule has 0 aromatic heterocycles. The van der Waals surface area contributed by atoms with Crippen molar-refractivity contribution in [3.8, 4) is 0 Å². The van der Waals surface area contributed by atoms with E-state index in [0.29, 0.717) is 51.6 Å². The van der Waals surface area contributed by atoms with E-state index in [1.54, 1.807) is 0 Å². The smallest absolute Gasteiger partial charge is 0.326 e. The van der Waals surface area contributed by atoms with E-state index in [1.807, 2.05) is 0 Å². The summed E-state index contributed by atoms with van der Waals surface area (Å²) >= 11 is 0. The van der Waals surface area contributed by atoms with Crippen LogP contribution in [0.3, 0.4) is 0 Å². The van der Waals surface area contributed by atoms with Crippen LogP contribution in [0.1, 0.15) is 173 Å². The van der Waals surface area contributed by atoms with Gasteiger partial charge in [0.1, 0.15) is 19.3 Å². The number of carbonyl (C=O) groups is 8. The summed E-state index contributed by atoms with van der Waals surface area (Å²) in [6.07, 6.45) is 23.6. The van der Waals surface area contributed by atoms with Crippen molar-refractivity contribution in [1.82, 2.24) is 31.8 Å². The fourth-order valence-corrected chi connectivity index (χ4v) is 8.30. The molecular weight excluding hydrogens is 947 g/mol. The van der Waals surface area contributed by atoms with Crippen LogP contribution in [0, 0.1) is 11.8 Å². The molecule has 418 valence electrons. The molecule has 0 saturated heterocycles. The van der Waals surface area contributed by atoms with E-state index in [4.69, 9.17) is 37.1 Å². The standard InChI is InChI=1S/C51H91BN6O15/c52-58-43(51(68)69)19-17-18-28-53-46(61)38-72-35-34-71-32-30-55-47(62)39-73-36-33-70-31-29-54-45(60)27-26-42(50(66)67)57-49(65)41-24-22-40(23-25-41)37-56-44(59)20-15-13-11-9-7-5-3-1-2-4-6-8-10-12-14-16-21-48(63)64/h40-43,58H,1-39H2,(H,53,61)(H,54,60)(H,55,62)(H,56,59)(H,57,65)(H,63,64)(H,66,67)(H,68,69). The maximum Gasteiger partial charge on any atom is 0.326 e. The van der Waals surface area contributed by atoms with Crippen LogP contribution in [-0.4, -0.2) is 162 Å². The topological polar surface area (TPSA) is 306 Å². The quantitative estimate of drug-likeness (QED) is 0.0306. The highest BCUT2D eigenvalue weighted by atomic mass is 16.5. The van der Waals surface area contributed by atoms with Crippen LogP contribution in [0.15, 0.2) is 0 Å². The minimum atomic E-state index is -1.21. The number of carboxylic acids is 3. The summed E-state index contributed by atoms with van der Waals surface area (Å²) in [6.45, 7) is 2.22. The molecule has 1 aliphatic rings. The summed E-state index contributed by atoms with van der Waals surface area (Å²) < 4.78 is 21.3. The van der Waals surface area contributed by atoms with Gasteiger partial charge in [-0.1, -0.05) is 89.9 Å². The van der Waals surface area contributed by atoms with E-state index in [9.17, 15) is 43.5 Å². The second kappa shape index (κ2) is 46.2. The molecule has 1 aliphatic carbocycles. The summed E-state index contributed by atoms with van der Waals surface area (Å²) in [6, 6.07) is -2.02. The second-order valence-electron chi connectivity index (χ2n) is 18.9. The zero-order chi connectivity index (χ0) is 53.6. The molecule has 1 rings (SSSR count). The predicted octanol–water partition coefficient (Wildman–Crippen LogP) is 4.08. The first kappa shape index (κ1) is 66.6. The second-order valence-corrected chi connectivity index (χ2v) is 18.9. The first-order chi connectivity index (χ1) is 35.3. The van der Waals surface area contributed by atoms with Crippen LogP contribution >= 0.6 is 0 Å². The zero-order valence-electron chi connectivity index (χ0n) is 43.7. The van der Waals surface area contributed by atoms with Crippen LogP contribution in [-0.2, 0) is 57.3 Å². The molecule has 0 aliphatic heterocycles. The number of carbonyl (C=O) groups excluding carboxylic acids is 5. The van der Waals surface area contributed by atoms with Gasteiger partial charge < -0.3 is 66.1 Å². The molecule has 0 bridgehead atoms. The average Bonchev–Trinajstić information content (AvgIpc) is 3.36. The van der Waals surface area contributed by atoms with E-state index in [1.165, 1.54) is 64.2 Å². The molecule has 73 heavy (non-hydrogen) atoms. The van der Waals surface area contributed by atoms with Crippen molar-refractivity contribution in [2.24, 2.45) is 11.8 Å². The van der Waals surface area contributed by atoms with Crippen LogP contribution in [0.2, 0.25) is 0 Å². The van der Waals surface area contributed by atoms with Crippen molar-refractivity contribution >= 4 is 55.4 Å². The summed E-state index contributed by atoms with van der Waals surface area (Å²) in [5, 5.41) is 43.2. The number of nitrogens with one attached hydrogen (secondary N) is 6. The Morgan fingerprint density at radius 2 is 0.877 bits per heavy atom. The number of aliphatic carboxylic acids is 3. The average molecular weight is 1040 g/mol. The van der Waals surface area contributed by atoms with Crippen molar-refractivity contribution < 1.29 is 72.6 Å². The number of carboxylic acid groups (broad SMARTS) is 3. The molecule has 2 atom stereocenters. The van der Waals surface area contributed by atoms with Crippen LogP contribution < -0.4 is 31.8 Å². The van der Waals surface area contributed by atoms with Gasteiger partial charge in [-0.2, -0.15) is 0 Å². The Morgan fingerprint density at radius 1 is 0.438 bits per heavy atom. The Hall–Kier alpha value is -4.38. The van der Waals surface area contributed by atoms with Gasteiger partial charge in [0.25, 0.3) is 0 Å². The minimum Gasteiger partial charge on any atom is -0.481 e. The lowest BCUT2D eigenvalue weighted by Gasteiger charge is -2.28. The number of ether oxygens (including phenoxy) is 4. The lowest BCUT2D eigenvalue weighted by Crippen LogP contribution is -2.45. The summed E-state index contributed by atoms with van der Waals surface area (Å²) in [7, 11) is 5.18. The lowest BCUT2D eigenvalue weighted by atomic mass is 9.81. The first-order valence-corrected chi connectivity index (χ1v) is 27.1. The Kier molecular flexibility index (Phi) is 42.2. The Balaban J connectivity index is 1.97. The third kappa shape index (κ3) is 40.7. The Bertz CT molecular complexity index is 1520. The van der Waals surface area contributed by atoms with Gasteiger partial charge >= 0.3 is 17.9 Å². The molecule has 0 spiro atoms. The zero-order valence-corrected chi connectivity index (χ0v) is 43.7. The molecule has 0 aromatic rings. The maximum absolute atomic E-state index is 13.0. The van der Waals surface area contributed by atoms with E-state index < -0.39 is 30.0 Å². The van der Waals surface area contributed by atoms with Crippen molar-refractivity contribution in [3.05, 3.63) is 0 Å². The van der Waals surface area contributed by atoms with E-state index >= 15 is 0 Å². The molecule has 1 fully saturated rings. The highest BCUT2D eigenvalue weighted by Crippen LogP contribution is 2.29. The maximum atomic E-state index is 13.0. The Morgan fingerprint density at radius 3 is 1.36 bits per heavy atom. The summed E-state index contributed by atoms with van der Waals surface area (Å²) in [5.41, 5.74) is 0. The molecule has 1 saturated carbocycles. The monoisotopic (exact) mass is 1040 g/mol. The van der Waals surface area contributed by atoms with Crippen LogP contribution in [0.25, 0.3) is 0 Å². The van der Waals surface area contributed by atoms with Gasteiger partial charge in [-0.15, -0.1) is 0 Å². The number of unbranched alkanes of at least 4 members (excludes halogenated alkanes) is 16. The Labute approximate surface area is 435 Å². The van der Waals surface area contributed by atoms with Crippen LogP contribution in [0.4, 0.5) is 0 Å². The normalized spacial score (nSPS) is 15.2. The molecule has 2 unspecified atom stereocenters. The van der Waals surface area contributed by atoms with Crippen molar-refractivity contribution in [1.29, 1.82) is 0 Å². The van der Waals surface area contributed by atoms with Crippen molar-refractivity contribution in [2.75, 3.05) is 79.0 Å². The minimum absolute atomic E-state index is 0.0628. The molecule has 2 radical (unpaired) electrons. The molecule has 21 nitrogen and oxygen atoms in total. The molecule has 9 N–H and O–H groups in total. The highest BCUT2D eigenvalue weighted by molar-refractivity contribution is 6.06. The highest BCUT2D eigenvalue weighted by Gasteiger charge is 2.30. The van der Waals surface area contributed by atoms with Crippen molar-refractivity contribution in [3.63, 3.8) is 0 Å². The fraction of sp³-hybridized carbons (Fsp3) is 0.843. The van der Waals surface area contributed by atoms with E-state index in [-0.39, 0.29) is 127 Å². The van der Waals surface area contributed by atoms with Gasteiger partial charge in [-0.05, 0) is 70.1 Å². The number of amides is 5. The number of rotatable bonds is 50. The first-order valence-electron chi connectivity index (χ1n) is 27.1. The molecule has 0 aromatic carbocycles. The van der Waals surface area contributed by atoms with E-state index in [2.05, 4.69) is 31.8 Å². The fourth-order valence-electron chi connectivity index (χ4n) is 8.30. The van der Waals surface area contributed by atoms with Gasteiger partial charge in [0.05, 0.1) is 45.7 Å². The van der Waals surface area contributed by atoms with Gasteiger partial charge in [0, 0.05) is 51.4 Å². The van der Waals surface area contributed by atoms with Crippen molar-refractivity contribution in [2.45, 2.75) is 185 Å². The molecule has 5 amide bonds. The molecule has 0 heterocycles. The van der Waals surface area contributed by atoms with Gasteiger partial charge in [0.2, 0.25) is 29.5 Å². The van der Waals surface area contributed by atoms with Gasteiger partial charge in [-0.25, -0.2) is 4.79 Å². The largest absolute Gasteiger partial charge is 0.481 e. The lowest BCUT2D eigenvalue weighted by molar-refractivity contribution is -0.143. The number of hydrogen-bond acceptors (Lipinski definition) is 13. The summed E-state index contributed by atoms with van der Waals surface area (Å²) in [5.74, 6) is -4.25. The third-order valence-corrected chi connectivity index (χ3v) is 12.7. The summed E-state index contributed by atoms with van der Waals surface area (Å²) in [4.78, 5) is 94.9. The third-order valence-electron chi connectivity index (χ3n) is 12.7.